The molecule has 0 aliphatic heterocycles. The topological polar surface area (TPSA) is 40.5 Å². The van der Waals surface area contributed by atoms with Gasteiger partial charge in [0.1, 0.15) is 0 Å². The second kappa shape index (κ2) is 8.67. The van der Waals surface area contributed by atoms with Crippen molar-refractivity contribution in [1.29, 1.82) is 0 Å². The average Bonchev–Trinajstić information content (AvgIpc) is 3.26. The molecule has 0 aromatic heterocycles. The lowest BCUT2D eigenvalue weighted by Gasteiger charge is -2.19. The minimum atomic E-state index is -0.302. The molecule has 3 aliphatic rings. The van der Waals surface area contributed by atoms with Gasteiger partial charge in [0.05, 0.1) is 12.2 Å². The Morgan fingerprint density at radius 1 is 1.17 bits per heavy atom. The Morgan fingerprint density at radius 2 is 1.96 bits per heavy atom. The Hall–Kier alpha value is -0.600. The molecule has 2 N–H and O–H groups in total. The molecule has 24 heavy (non-hydrogen) atoms. The maximum Gasteiger partial charge on any atom is 0.0749 e. The predicted octanol–water partition coefficient (Wildman–Crippen LogP) is 5.01. The fourth-order valence-electron chi connectivity index (χ4n) is 5.34. The first-order valence-corrected chi connectivity index (χ1v) is 10.4. The highest BCUT2D eigenvalue weighted by Gasteiger charge is 2.45. The van der Waals surface area contributed by atoms with Gasteiger partial charge >= 0.3 is 0 Å². The Balaban J connectivity index is 1.54. The molecule has 0 spiro atoms. The molecule has 0 radical (unpaired) electrons. The second-order valence-electron chi connectivity index (χ2n) is 8.49. The molecular weight excluding hydrogens is 296 g/mol. The molecule has 0 saturated heterocycles. The predicted molar refractivity (Wildman–Crippen MR) is 99.7 cm³/mol. The smallest absolute Gasteiger partial charge is 0.0749 e. The number of aliphatic hydroxyl groups excluding tert-OH is 2. The van der Waals surface area contributed by atoms with Gasteiger partial charge in [0, 0.05) is 5.92 Å². The second-order valence-corrected chi connectivity index (χ2v) is 8.49. The van der Waals surface area contributed by atoms with Gasteiger partial charge in [-0.2, -0.15) is 0 Å². The van der Waals surface area contributed by atoms with Gasteiger partial charge in [-0.3, -0.25) is 0 Å². The van der Waals surface area contributed by atoms with Crippen molar-refractivity contribution < 1.29 is 10.2 Å². The third-order valence-corrected chi connectivity index (χ3v) is 6.76. The van der Waals surface area contributed by atoms with Gasteiger partial charge in [-0.05, 0) is 62.7 Å². The van der Waals surface area contributed by atoms with E-state index in [1.165, 1.54) is 51.4 Å². The summed E-state index contributed by atoms with van der Waals surface area (Å²) in [6.07, 6.45) is 19.5. The number of fused-ring (bicyclic) bond motifs is 1. The van der Waals surface area contributed by atoms with Crippen LogP contribution in [0.5, 0.6) is 0 Å². The molecule has 3 fully saturated rings. The number of aliphatic hydroxyl groups is 2. The summed E-state index contributed by atoms with van der Waals surface area (Å²) >= 11 is 0. The largest absolute Gasteiger partial charge is 0.392 e. The van der Waals surface area contributed by atoms with Crippen LogP contribution in [0.3, 0.4) is 0 Å². The zero-order valence-corrected chi connectivity index (χ0v) is 15.4. The Morgan fingerprint density at radius 3 is 2.71 bits per heavy atom. The van der Waals surface area contributed by atoms with Crippen molar-refractivity contribution >= 4 is 0 Å². The third kappa shape index (κ3) is 4.32. The van der Waals surface area contributed by atoms with Gasteiger partial charge < -0.3 is 10.2 Å². The summed E-state index contributed by atoms with van der Waals surface area (Å²) in [5.41, 5.74) is 1.63. The summed E-state index contributed by atoms with van der Waals surface area (Å²) in [5, 5.41) is 20.8. The van der Waals surface area contributed by atoms with Crippen LogP contribution in [0.4, 0.5) is 0 Å². The lowest BCUT2D eigenvalue weighted by molar-refractivity contribution is 0.135. The van der Waals surface area contributed by atoms with E-state index in [0.29, 0.717) is 17.8 Å². The molecule has 0 heterocycles. The molecular formula is C22H36O2. The van der Waals surface area contributed by atoms with Crippen molar-refractivity contribution in [3.05, 3.63) is 23.8 Å². The molecule has 0 amide bonds. The fraction of sp³-hybridized carbons (Fsp3) is 0.818. The van der Waals surface area contributed by atoms with Gasteiger partial charge in [-0.1, -0.05) is 56.4 Å². The van der Waals surface area contributed by atoms with Gasteiger partial charge in [0.25, 0.3) is 0 Å². The maximum atomic E-state index is 10.5. The van der Waals surface area contributed by atoms with E-state index in [2.05, 4.69) is 19.1 Å². The van der Waals surface area contributed by atoms with E-state index >= 15 is 0 Å². The van der Waals surface area contributed by atoms with Crippen LogP contribution < -0.4 is 0 Å². The quantitative estimate of drug-likeness (QED) is 0.508. The lowest BCUT2D eigenvalue weighted by Crippen LogP contribution is -2.19. The molecule has 2 heteroatoms. The zero-order chi connectivity index (χ0) is 16.9. The number of allylic oxidation sites excluding steroid dienone is 2. The van der Waals surface area contributed by atoms with E-state index in [0.717, 1.165) is 19.3 Å². The SMILES string of the molecule is CCCCCC=C1C[C@H]2C[C@@H](O)[C@H](C=C[C@@H](O)C3CCCC3)[C@H]2C1. The summed E-state index contributed by atoms with van der Waals surface area (Å²) < 4.78 is 0. The average molecular weight is 333 g/mol. The van der Waals surface area contributed by atoms with Crippen LogP contribution in [0.2, 0.25) is 0 Å². The maximum absolute atomic E-state index is 10.5. The van der Waals surface area contributed by atoms with Crippen LogP contribution in [0.1, 0.15) is 77.6 Å². The third-order valence-electron chi connectivity index (χ3n) is 6.76. The van der Waals surface area contributed by atoms with Crippen LogP contribution in [-0.2, 0) is 0 Å². The molecule has 3 saturated carbocycles. The summed E-state index contributed by atoms with van der Waals surface area (Å²) in [6.45, 7) is 2.26. The Labute approximate surface area is 148 Å². The van der Waals surface area contributed by atoms with Crippen LogP contribution in [0, 0.1) is 23.7 Å². The van der Waals surface area contributed by atoms with Crippen LogP contribution >= 0.6 is 0 Å². The molecule has 0 unspecified atom stereocenters. The van der Waals surface area contributed by atoms with Crippen LogP contribution in [0.15, 0.2) is 23.8 Å². The van der Waals surface area contributed by atoms with E-state index in [9.17, 15) is 10.2 Å². The first kappa shape index (κ1) is 18.2. The number of hydrogen-bond acceptors (Lipinski definition) is 2. The molecule has 0 aromatic carbocycles. The number of hydrogen-bond donors (Lipinski definition) is 2. The summed E-state index contributed by atoms with van der Waals surface area (Å²) in [5.74, 6) is 1.97. The molecule has 5 atom stereocenters. The van der Waals surface area contributed by atoms with Crippen molar-refractivity contribution in [2.24, 2.45) is 23.7 Å². The van der Waals surface area contributed by atoms with Crippen molar-refractivity contribution in [3.8, 4) is 0 Å². The van der Waals surface area contributed by atoms with Crippen LogP contribution in [-0.4, -0.2) is 22.4 Å². The van der Waals surface area contributed by atoms with Crippen molar-refractivity contribution in [1.82, 2.24) is 0 Å². The Bertz CT molecular complexity index is 447. The first-order valence-electron chi connectivity index (χ1n) is 10.4. The molecule has 3 rings (SSSR count). The van der Waals surface area contributed by atoms with Gasteiger partial charge in [-0.25, -0.2) is 0 Å². The molecule has 2 nitrogen and oxygen atoms in total. The molecule has 3 aliphatic carbocycles. The van der Waals surface area contributed by atoms with Crippen molar-refractivity contribution in [3.63, 3.8) is 0 Å². The highest BCUT2D eigenvalue weighted by atomic mass is 16.3. The molecule has 0 aromatic rings. The molecule has 0 bridgehead atoms. The lowest BCUT2D eigenvalue weighted by atomic mass is 9.89. The van der Waals surface area contributed by atoms with Gasteiger partial charge in [0.2, 0.25) is 0 Å². The monoisotopic (exact) mass is 332 g/mol. The standard InChI is InChI=1S/C22H36O2/c1-2-3-4-5-8-16-13-18-15-22(24)19(20(18)14-16)11-12-21(23)17-9-6-7-10-17/h8,11-12,17-24H,2-7,9-10,13-15H2,1H3/t18-,19+,20-,21+,22+/m0/s1. The van der Waals surface area contributed by atoms with E-state index in [1.807, 2.05) is 6.08 Å². The van der Waals surface area contributed by atoms with Crippen molar-refractivity contribution in [2.45, 2.75) is 89.8 Å². The fourth-order valence-corrected chi connectivity index (χ4v) is 5.34. The summed E-state index contributed by atoms with van der Waals surface area (Å²) in [7, 11) is 0. The summed E-state index contributed by atoms with van der Waals surface area (Å²) in [6, 6.07) is 0. The van der Waals surface area contributed by atoms with E-state index in [1.54, 1.807) is 5.57 Å². The molecule has 136 valence electrons. The Kier molecular flexibility index (Phi) is 6.57. The minimum absolute atomic E-state index is 0.200. The minimum Gasteiger partial charge on any atom is -0.392 e. The first-order chi connectivity index (χ1) is 11.7. The number of rotatable bonds is 7. The highest BCUT2D eigenvalue weighted by molar-refractivity contribution is 5.18. The zero-order valence-electron chi connectivity index (χ0n) is 15.4. The summed E-state index contributed by atoms with van der Waals surface area (Å²) in [4.78, 5) is 0. The van der Waals surface area contributed by atoms with Crippen molar-refractivity contribution in [2.75, 3.05) is 0 Å². The van der Waals surface area contributed by atoms with Crippen LogP contribution in [0.25, 0.3) is 0 Å². The van der Waals surface area contributed by atoms with Gasteiger partial charge in [-0.15, -0.1) is 0 Å². The highest BCUT2D eigenvalue weighted by Crippen LogP contribution is 2.50. The van der Waals surface area contributed by atoms with E-state index < -0.39 is 0 Å². The normalized spacial score (nSPS) is 36.9. The number of unbranched alkanes of at least 4 members (excludes halogenated alkanes) is 3. The van der Waals surface area contributed by atoms with E-state index in [4.69, 9.17) is 0 Å². The van der Waals surface area contributed by atoms with E-state index in [-0.39, 0.29) is 18.1 Å². The van der Waals surface area contributed by atoms with Gasteiger partial charge in [0.15, 0.2) is 0 Å².